The van der Waals surface area contributed by atoms with Gasteiger partial charge in [0.2, 0.25) is 0 Å². The fourth-order valence-electron chi connectivity index (χ4n) is 1.90. The molecular formula is C11H11ClN2O3. The predicted octanol–water partition coefficient (Wildman–Crippen LogP) is 2.61. The van der Waals surface area contributed by atoms with Crippen molar-refractivity contribution in [3.05, 3.63) is 38.4 Å². The van der Waals surface area contributed by atoms with Crippen LogP contribution in [0.2, 0.25) is 5.02 Å². The number of hydrogen-bond donors (Lipinski definition) is 0. The van der Waals surface area contributed by atoms with E-state index in [1.807, 2.05) is 13.8 Å². The fraction of sp³-hybridized carbons (Fsp3) is 0.364. The molecule has 0 atom stereocenters. The van der Waals surface area contributed by atoms with Crippen LogP contribution in [0.15, 0.2) is 12.1 Å². The van der Waals surface area contributed by atoms with Gasteiger partial charge in [0.05, 0.1) is 4.92 Å². The van der Waals surface area contributed by atoms with Gasteiger partial charge in [-0.05, 0) is 25.5 Å². The molecule has 17 heavy (non-hydrogen) atoms. The summed E-state index contributed by atoms with van der Waals surface area (Å²) < 4.78 is 0. The SMILES string of the molecule is CC(C)N1Cc2cc([N+](=O)[O-])c(Cl)cc2C1=O. The minimum absolute atomic E-state index is 0.00714. The zero-order valence-corrected chi connectivity index (χ0v) is 10.2. The van der Waals surface area contributed by atoms with Gasteiger partial charge >= 0.3 is 0 Å². The number of fused-ring (bicyclic) bond motifs is 1. The molecule has 1 heterocycles. The molecule has 0 radical (unpaired) electrons. The number of halogens is 1. The van der Waals surface area contributed by atoms with Crippen LogP contribution in [-0.4, -0.2) is 21.8 Å². The first kappa shape index (κ1) is 11.9. The molecule has 0 aromatic heterocycles. The zero-order valence-electron chi connectivity index (χ0n) is 9.44. The maximum Gasteiger partial charge on any atom is 0.288 e. The average Bonchev–Trinajstić information content (AvgIpc) is 2.55. The molecule has 1 aliphatic heterocycles. The van der Waals surface area contributed by atoms with E-state index in [9.17, 15) is 14.9 Å². The lowest BCUT2D eigenvalue weighted by Crippen LogP contribution is -2.30. The normalized spacial score (nSPS) is 14.4. The van der Waals surface area contributed by atoms with Crippen LogP contribution in [0.1, 0.15) is 29.8 Å². The molecule has 6 heteroatoms. The third-order valence-corrected chi connectivity index (χ3v) is 3.13. The smallest absolute Gasteiger partial charge is 0.288 e. The van der Waals surface area contributed by atoms with Crippen molar-refractivity contribution in [1.82, 2.24) is 4.90 Å². The highest BCUT2D eigenvalue weighted by Gasteiger charge is 2.31. The van der Waals surface area contributed by atoms with Gasteiger partial charge in [0.25, 0.3) is 11.6 Å². The van der Waals surface area contributed by atoms with E-state index in [2.05, 4.69) is 0 Å². The number of hydrogen-bond acceptors (Lipinski definition) is 3. The molecule has 1 aromatic rings. The lowest BCUT2D eigenvalue weighted by atomic mass is 10.1. The maximum absolute atomic E-state index is 12.0. The molecule has 0 N–H and O–H groups in total. The number of carbonyl (C=O) groups is 1. The van der Waals surface area contributed by atoms with Gasteiger partial charge in [-0.1, -0.05) is 11.6 Å². The number of carbonyl (C=O) groups excluding carboxylic acids is 1. The largest absolute Gasteiger partial charge is 0.332 e. The number of benzene rings is 1. The van der Waals surface area contributed by atoms with Crippen LogP contribution in [-0.2, 0) is 6.54 Å². The molecule has 90 valence electrons. The maximum atomic E-state index is 12.0. The topological polar surface area (TPSA) is 63.4 Å². The van der Waals surface area contributed by atoms with Crippen molar-refractivity contribution in [2.75, 3.05) is 0 Å². The number of nitro groups is 1. The van der Waals surface area contributed by atoms with E-state index in [0.717, 1.165) is 0 Å². The third kappa shape index (κ3) is 1.86. The molecule has 1 amide bonds. The Labute approximate surface area is 103 Å². The van der Waals surface area contributed by atoms with E-state index in [0.29, 0.717) is 17.7 Å². The summed E-state index contributed by atoms with van der Waals surface area (Å²) in [4.78, 5) is 23.8. The first-order valence-corrected chi connectivity index (χ1v) is 5.57. The molecule has 0 spiro atoms. The summed E-state index contributed by atoms with van der Waals surface area (Å²) in [6.45, 7) is 4.21. The highest BCUT2D eigenvalue weighted by Crippen LogP contribution is 2.33. The predicted molar refractivity (Wildman–Crippen MR) is 63.1 cm³/mol. The van der Waals surface area contributed by atoms with Gasteiger partial charge in [-0.25, -0.2) is 0 Å². The summed E-state index contributed by atoms with van der Waals surface area (Å²) >= 11 is 5.78. The van der Waals surface area contributed by atoms with Crippen molar-refractivity contribution in [3.8, 4) is 0 Å². The molecule has 0 bridgehead atoms. The van der Waals surface area contributed by atoms with Gasteiger partial charge in [0, 0.05) is 24.2 Å². The Morgan fingerprint density at radius 1 is 1.47 bits per heavy atom. The van der Waals surface area contributed by atoms with E-state index < -0.39 is 4.92 Å². The summed E-state index contributed by atoms with van der Waals surface area (Å²) in [6.07, 6.45) is 0. The van der Waals surface area contributed by atoms with Crippen molar-refractivity contribution in [2.45, 2.75) is 26.4 Å². The van der Waals surface area contributed by atoms with Crippen LogP contribution in [0.4, 0.5) is 5.69 Å². The molecule has 0 saturated carbocycles. The van der Waals surface area contributed by atoms with Crippen molar-refractivity contribution >= 4 is 23.2 Å². The summed E-state index contributed by atoms with van der Waals surface area (Å²) in [5.41, 5.74) is 0.984. The number of nitro benzene ring substituents is 1. The van der Waals surface area contributed by atoms with Gasteiger partial charge < -0.3 is 4.90 Å². The van der Waals surface area contributed by atoms with Crippen molar-refractivity contribution < 1.29 is 9.72 Å². The van der Waals surface area contributed by atoms with Crippen molar-refractivity contribution in [3.63, 3.8) is 0 Å². The first-order chi connectivity index (χ1) is 7.91. The Morgan fingerprint density at radius 2 is 2.12 bits per heavy atom. The van der Waals surface area contributed by atoms with Gasteiger partial charge in [-0.15, -0.1) is 0 Å². The quantitative estimate of drug-likeness (QED) is 0.602. The van der Waals surface area contributed by atoms with Gasteiger partial charge in [-0.3, -0.25) is 14.9 Å². The van der Waals surface area contributed by atoms with Crippen LogP contribution < -0.4 is 0 Å². The van der Waals surface area contributed by atoms with E-state index in [4.69, 9.17) is 11.6 Å². The lowest BCUT2D eigenvalue weighted by molar-refractivity contribution is -0.384. The standard InChI is InChI=1S/C11H11ClN2O3/c1-6(2)13-5-7-3-10(14(16)17)9(12)4-8(7)11(13)15/h3-4,6H,5H2,1-2H3. The summed E-state index contributed by atoms with van der Waals surface area (Å²) in [6, 6.07) is 2.84. The van der Waals surface area contributed by atoms with Gasteiger partial charge in [-0.2, -0.15) is 0 Å². The summed E-state index contributed by atoms with van der Waals surface area (Å²) in [7, 11) is 0. The Kier molecular flexibility index (Phi) is 2.79. The van der Waals surface area contributed by atoms with Crippen molar-refractivity contribution in [2.24, 2.45) is 0 Å². The molecule has 0 unspecified atom stereocenters. The van der Waals surface area contributed by atoms with Crippen LogP contribution in [0, 0.1) is 10.1 Å². The molecular weight excluding hydrogens is 244 g/mol. The minimum Gasteiger partial charge on any atom is -0.332 e. The summed E-state index contributed by atoms with van der Waals surface area (Å²) in [5.74, 6) is -0.119. The van der Waals surface area contributed by atoms with Gasteiger partial charge in [0.15, 0.2) is 0 Å². The van der Waals surface area contributed by atoms with Crippen LogP contribution in [0.3, 0.4) is 0 Å². The van der Waals surface area contributed by atoms with E-state index in [-0.39, 0.29) is 22.7 Å². The highest BCUT2D eigenvalue weighted by molar-refractivity contribution is 6.33. The lowest BCUT2D eigenvalue weighted by Gasteiger charge is -2.19. The Morgan fingerprint density at radius 3 is 2.65 bits per heavy atom. The second-order valence-electron chi connectivity index (χ2n) is 4.24. The molecule has 1 aliphatic rings. The Bertz CT molecular complexity index is 514. The second kappa shape index (κ2) is 4.00. The van der Waals surface area contributed by atoms with Crippen LogP contribution >= 0.6 is 11.6 Å². The molecule has 0 aliphatic carbocycles. The molecule has 5 nitrogen and oxygen atoms in total. The van der Waals surface area contributed by atoms with Crippen LogP contribution in [0.5, 0.6) is 0 Å². The number of rotatable bonds is 2. The Balaban J connectivity index is 2.49. The molecule has 0 saturated heterocycles. The molecule has 2 rings (SSSR count). The van der Waals surface area contributed by atoms with Crippen LogP contribution in [0.25, 0.3) is 0 Å². The van der Waals surface area contributed by atoms with E-state index in [1.54, 1.807) is 4.90 Å². The molecule has 1 aromatic carbocycles. The van der Waals surface area contributed by atoms with E-state index in [1.165, 1.54) is 12.1 Å². The van der Waals surface area contributed by atoms with Crippen molar-refractivity contribution in [1.29, 1.82) is 0 Å². The Hall–Kier alpha value is -1.62. The first-order valence-electron chi connectivity index (χ1n) is 5.19. The third-order valence-electron chi connectivity index (χ3n) is 2.82. The number of nitrogens with zero attached hydrogens (tertiary/aromatic N) is 2. The number of amides is 1. The van der Waals surface area contributed by atoms with E-state index >= 15 is 0 Å². The highest BCUT2D eigenvalue weighted by atomic mass is 35.5. The zero-order chi connectivity index (χ0) is 12.7. The second-order valence-corrected chi connectivity index (χ2v) is 4.65. The monoisotopic (exact) mass is 254 g/mol. The minimum atomic E-state index is -0.537. The fourth-order valence-corrected chi connectivity index (χ4v) is 2.13. The molecule has 0 fully saturated rings. The van der Waals surface area contributed by atoms with Gasteiger partial charge in [0.1, 0.15) is 5.02 Å². The summed E-state index contributed by atoms with van der Waals surface area (Å²) in [5, 5.41) is 10.7. The average molecular weight is 255 g/mol.